The quantitative estimate of drug-likeness (QED) is 0.160. The van der Waals surface area contributed by atoms with Gasteiger partial charge in [-0.3, -0.25) is 0 Å². The zero-order valence-corrected chi connectivity index (χ0v) is 28.3. The molecule has 246 valence electrons. The number of aliphatic hydroxyl groups is 1. The number of nitrogens with one attached hydrogen (secondary N) is 1. The maximum atomic E-state index is 12.6. The topological polar surface area (TPSA) is 96.7 Å². The van der Waals surface area contributed by atoms with Gasteiger partial charge in [-0.05, 0) is 84.0 Å². The second-order valence-electron chi connectivity index (χ2n) is 12.2. The summed E-state index contributed by atoms with van der Waals surface area (Å²) in [7, 11) is -3.95. The molecule has 8 nitrogen and oxygen atoms in total. The summed E-state index contributed by atoms with van der Waals surface area (Å²) in [5.74, 6) is 1.80. The van der Waals surface area contributed by atoms with Crippen molar-refractivity contribution in [3.8, 4) is 33.8 Å². The number of hydrogen-bond acceptors (Lipinski definition) is 5. The number of ether oxygens (including phenoxy) is 1. The highest BCUT2D eigenvalue weighted by Gasteiger charge is 2.29. The van der Waals surface area contributed by atoms with Crippen molar-refractivity contribution < 1.29 is 18.3 Å². The van der Waals surface area contributed by atoms with Crippen LogP contribution in [0.25, 0.3) is 28.1 Å². The highest BCUT2D eigenvalue weighted by Crippen LogP contribution is 2.33. The molecule has 1 saturated carbocycles. The average molecular weight is 702 g/mol. The van der Waals surface area contributed by atoms with Gasteiger partial charge >= 0.3 is 10.2 Å². The third-order valence-corrected chi connectivity index (χ3v) is 10.6. The van der Waals surface area contributed by atoms with Gasteiger partial charge in [0, 0.05) is 28.9 Å². The van der Waals surface area contributed by atoms with Crippen molar-refractivity contribution >= 4 is 39.1 Å². The van der Waals surface area contributed by atoms with E-state index in [2.05, 4.69) is 41.1 Å². The fraction of sp³-hybridized carbons (Fsp3) is 0.216. The van der Waals surface area contributed by atoms with Crippen molar-refractivity contribution in [2.45, 2.75) is 38.5 Å². The lowest BCUT2D eigenvalue weighted by Gasteiger charge is -2.21. The molecule has 11 heteroatoms. The molecule has 0 radical (unpaired) electrons. The number of aliphatic hydroxyl groups excluding tert-OH is 1. The maximum Gasteiger partial charge on any atom is 0.330 e. The SMILES string of the molecule is O=S1(=O)NC(O)=CN1c1cccc(-n2cc(-c3ccc(Cl)cc3Cl)nc2Cc2ccc(-c3cccc(OCC4CCCCC4)c3)cc2)c1. The molecule has 0 amide bonds. The molecule has 0 spiro atoms. The Morgan fingerprint density at radius 2 is 1.65 bits per heavy atom. The van der Waals surface area contributed by atoms with Gasteiger partial charge in [-0.15, -0.1) is 0 Å². The predicted octanol–water partition coefficient (Wildman–Crippen LogP) is 9.07. The minimum atomic E-state index is -3.95. The first-order valence-electron chi connectivity index (χ1n) is 15.9. The summed E-state index contributed by atoms with van der Waals surface area (Å²) in [6, 6.07) is 28.9. The van der Waals surface area contributed by atoms with E-state index in [0.29, 0.717) is 39.5 Å². The summed E-state index contributed by atoms with van der Waals surface area (Å²) < 4.78 is 36.4. The number of halogens is 2. The molecular weight excluding hydrogens is 667 g/mol. The van der Waals surface area contributed by atoms with E-state index in [4.69, 9.17) is 32.9 Å². The van der Waals surface area contributed by atoms with Crippen LogP contribution >= 0.6 is 23.2 Å². The van der Waals surface area contributed by atoms with Crippen LogP contribution < -0.4 is 13.8 Å². The maximum absolute atomic E-state index is 12.6. The summed E-state index contributed by atoms with van der Waals surface area (Å²) in [5, 5.41) is 10.8. The number of anilines is 1. The van der Waals surface area contributed by atoms with Crippen LogP contribution in [-0.2, 0) is 16.6 Å². The van der Waals surface area contributed by atoms with Crippen LogP contribution in [0.15, 0.2) is 109 Å². The smallest absolute Gasteiger partial charge is 0.330 e. The lowest BCUT2D eigenvalue weighted by atomic mass is 9.90. The Morgan fingerprint density at radius 3 is 2.40 bits per heavy atom. The van der Waals surface area contributed by atoms with E-state index in [9.17, 15) is 13.5 Å². The Hall–Kier alpha value is -4.44. The number of rotatable bonds is 9. The molecule has 1 aliphatic heterocycles. The summed E-state index contributed by atoms with van der Waals surface area (Å²) in [6.45, 7) is 0.769. The molecule has 2 N–H and O–H groups in total. The van der Waals surface area contributed by atoms with E-state index in [-0.39, 0.29) is 0 Å². The van der Waals surface area contributed by atoms with Gasteiger partial charge in [-0.25, -0.2) is 14.0 Å². The van der Waals surface area contributed by atoms with Crippen LogP contribution in [0.4, 0.5) is 5.69 Å². The molecule has 1 aliphatic carbocycles. The van der Waals surface area contributed by atoms with Crippen molar-refractivity contribution in [1.29, 1.82) is 0 Å². The zero-order valence-electron chi connectivity index (χ0n) is 26.0. The summed E-state index contributed by atoms with van der Waals surface area (Å²) in [5.41, 5.74) is 5.62. The highest BCUT2D eigenvalue weighted by molar-refractivity contribution is 7.91. The summed E-state index contributed by atoms with van der Waals surface area (Å²) >= 11 is 12.8. The minimum absolute atomic E-state index is 0.351. The summed E-state index contributed by atoms with van der Waals surface area (Å²) in [4.78, 5) is 4.98. The van der Waals surface area contributed by atoms with Crippen LogP contribution in [0.2, 0.25) is 10.0 Å². The standard InChI is InChI=1S/C37H34Cl2N4O4S/c38-29-16-17-33(34(39)20-29)35-22-42(30-9-5-10-31(21-30)43-23-37(44)41-48(43,45)46)36(40-35)18-25-12-14-27(15-13-25)28-8-4-11-32(19-28)47-24-26-6-2-1-3-7-26/h4-5,8-17,19-23,26,41,44H,1-3,6-7,18,24H2. The van der Waals surface area contributed by atoms with Crippen LogP contribution in [0.3, 0.4) is 0 Å². The van der Waals surface area contributed by atoms with Crippen molar-refractivity contribution in [3.63, 3.8) is 0 Å². The lowest BCUT2D eigenvalue weighted by molar-refractivity contribution is 0.209. The van der Waals surface area contributed by atoms with Crippen LogP contribution in [0, 0.1) is 5.92 Å². The van der Waals surface area contributed by atoms with E-state index in [0.717, 1.165) is 50.9 Å². The summed E-state index contributed by atoms with van der Waals surface area (Å²) in [6.07, 6.45) is 9.92. The first-order chi connectivity index (χ1) is 23.2. The molecule has 0 atom stereocenters. The Bertz CT molecular complexity index is 2090. The highest BCUT2D eigenvalue weighted by atomic mass is 35.5. The largest absolute Gasteiger partial charge is 0.493 e. The van der Waals surface area contributed by atoms with Crippen molar-refractivity contribution in [3.05, 3.63) is 131 Å². The van der Waals surface area contributed by atoms with Crippen molar-refractivity contribution in [2.24, 2.45) is 5.92 Å². The Labute approximate surface area is 290 Å². The molecule has 5 aromatic rings. The van der Waals surface area contributed by atoms with E-state index in [1.54, 1.807) is 30.3 Å². The van der Waals surface area contributed by atoms with Crippen LogP contribution in [-0.4, -0.2) is 29.7 Å². The molecular formula is C37H34Cl2N4O4S. The normalized spacial score (nSPS) is 16.0. The number of benzene rings is 4. The zero-order chi connectivity index (χ0) is 33.3. The third kappa shape index (κ3) is 7.04. The number of nitrogens with zero attached hydrogens (tertiary/aromatic N) is 3. The van der Waals surface area contributed by atoms with Gasteiger partial charge in [0.2, 0.25) is 5.88 Å². The molecule has 2 aliphatic rings. The van der Waals surface area contributed by atoms with Gasteiger partial charge in [0.25, 0.3) is 0 Å². The molecule has 2 heterocycles. The lowest BCUT2D eigenvalue weighted by Crippen LogP contribution is -2.29. The Balaban J connectivity index is 1.17. The average Bonchev–Trinajstić information content (AvgIpc) is 3.63. The molecule has 0 bridgehead atoms. The number of aromatic nitrogens is 2. The molecule has 0 saturated heterocycles. The fourth-order valence-electron chi connectivity index (χ4n) is 6.31. The minimum Gasteiger partial charge on any atom is -0.493 e. The number of hydrogen-bond donors (Lipinski definition) is 2. The fourth-order valence-corrected chi connectivity index (χ4v) is 7.86. The van der Waals surface area contributed by atoms with Gasteiger partial charge in [0.1, 0.15) is 11.6 Å². The van der Waals surface area contributed by atoms with Gasteiger partial charge in [-0.2, -0.15) is 8.42 Å². The molecule has 7 rings (SSSR count). The van der Waals surface area contributed by atoms with Crippen molar-refractivity contribution in [2.75, 3.05) is 10.9 Å². The predicted molar refractivity (Wildman–Crippen MR) is 191 cm³/mol. The Kier molecular flexibility index (Phi) is 9.09. The second-order valence-corrected chi connectivity index (χ2v) is 14.6. The third-order valence-electron chi connectivity index (χ3n) is 8.77. The van der Waals surface area contributed by atoms with E-state index >= 15 is 0 Å². The first-order valence-corrected chi connectivity index (χ1v) is 18.1. The monoisotopic (exact) mass is 700 g/mol. The van der Waals surface area contributed by atoms with E-state index in [1.807, 2.05) is 35.0 Å². The van der Waals surface area contributed by atoms with E-state index in [1.165, 1.54) is 32.1 Å². The molecule has 1 aromatic heterocycles. The first kappa shape index (κ1) is 32.1. The van der Waals surface area contributed by atoms with Gasteiger partial charge in [-0.1, -0.05) is 84.9 Å². The van der Waals surface area contributed by atoms with Crippen LogP contribution in [0.1, 0.15) is 43.5 Å². The Morgan fingerprint density at radius 1 is 0.875 bits per heavy atom. The number of imidazole rings is 1. The van der Waals surface area contributed by atoms with Crippen molar-refractivity contribution in [1.82, 2.24) is 14.3 Å². The van der Waals surface area contributed by atoms with Crippen LogP contribution in [0.5, 0.6) is 5.75 Å². The molecule has 0 unspecified atom stereocenters. The molecule has 48 heavy (non-hydrogen) atoms. The van der Waals surface area contributed by atoms with Gasteiger partial charge in [0.15, 0.2) is 0 Å². The molecule has 1 fully saturated rings. The van der Waals surface area contributed by atoms with Gasteiger partial charge in [0.05, 0.1) is 29.2 Å². The molecule has 4 aromatic carbocycles. The second kappa shape index (κ2) is 13.6. The van der Waals surface area contributed by atoms with Gasteiger partial charge < -0.3 is 14.4 Å². The van der Waals surface area contributed by atoms with E-state index < -0.39 is 16.1 Å².